The molecule has 0 radical (unpaired) electrons. The Hall–Kier alpha value is -1.25. The molecule has 1 fully saturated rings. The summed E-state index contributed by atoms with van der Waals surface area (Å²) in [6.07, 6.45) is 2.44. The van der Waals surface area contributed by atoms with Crippen LogP contribution in [0.3, 0.4) is 0 Å². The maximum atomic E-state index is 11.0. The van der Waals surface area contributed by atoms with E-state index in [1.807, 2.05) is 0 Å². The Kier molecular flexibility index (Phi) is 4.23. The van der Waals surface area contributed by atoms with Gasteiger partial charge in [-0.15, -0.1) is 0 Å². The van der Waals surface area contributed by atoms with Crippen molar-refractivity contribution in [2.75, 3.05) is 0 Å². The number of benzene rings is 1. The molecule has 0 N–H and O–H groups in total. The number of hydrogen-bond donors (Lipinski definition) is 0. The average molecular weight is 286 g/mol. The third-order valence-corrected chi connectivity index (χ3v) is 5.62. The van der Waals surface area contributed by atoms with E-state index in [1.54, 1.807) is 0 Å². The zero-order valence-electron chi connectivity index (χ0n) is 14.2. The van der Waals surface area contributed by atoms with E-state index in [9.17, 15) is 4.79 Å². The number of rotatable bonds is 3. The third-order valence-electron chi connectivity index (χ3n) is 5.62. The van der Waals surface area contributed by atoms with Crippen molar-refractivity contribution in [3.05, 3.63) is 29.3 Å². The maximum Gasteiger partial charge on any atom is 0.302 e. The van der Waals surface area contributed by atoms with E-state index >= 15 is 0 Å². The molecule has 114 valence electrons. The van der Waals surface area contributed by atoms with Crippen LogP contribution in [0.15, 0.2) is 18.2 Å². The Balaban J connectivity index is 2.22. The van der Waals surface area contributed by atoms with E-state index in [2.05, 4.69) is 52.8 Å². The van der Waals surface area contributed by atoms with Crippen LogP contribution in [-0.2, 0) is 16.1 Å². The van der Waals surface area contributed by atoms with Gasteiger partial charge < -0.3 is 4.74 Å². The molecular weight excluding hydrogens is 259 g/mol. The normalized spacial score (nSPS) is 19.6. The zero-order chi connectivity index (χ0) is 15.8. The Morgan fingerprint density at radius 2 is 1.76 bits per heavy atom. The van der Waals surface area contributed by atoms with Crippen molar-refractivity contribution in [3.63, 3.8) is 0 Å². The van der Waals surface area contributed by atoms with Gasteiger partial charge in [-0.05, 0) is 28.9 Å². The fraction of sp³-hybridized carbons (Fsp3) is 0.611. The highest BCUT2D eigenvalue weighted by Crippen LogP contribution is 2.52. The van der Waals surface area contributed by atoms with Crippen molar-refractivity contribution in [2.24, 2.45) is 10.8 Å². The first-order valence-corrected chi connectivity index (χ1v) is 7.85. The highest BCUT2D eigenvalue weighted by atomic mass is 16.5. The first-order valence-electron chi connectivity index (χ1n) is 7.85. The standard InChI is InChI=1S/C18H27BO2/c1-13-7-8-16(9-15(13)10-21-14(2)20)19-11-17(3,4)18(5,6)12-19/h7-9H,10-12H2,1-6H3. The average Bonchev–Trinajstić information content (AvgIpc) is 2.57. The van der Waals surface area contributed by atoms with Gasteiger partial charge >= 0.3 is 5.97 Å². The molecule has 0 atom stereocenters. The lowest BCUT2D eigenvalue weighted by Gasteiger charge is -2.35. The fourth-order valence-electron chi connectivity index (χ4n) is 3.37. The molecule has 0 bridgehead atoms. The quantitative estimate of drug-likeness (QED) is 0.623. The zero-order valence-corrected chi connectivity index (χ0v) is 14.2. The SMILES string of the molecule is CC(=O)OCc1cc(B2CC(C)(C)C(C)(C)C2)ccc1C. The summed E-state index contributed by atoms with van der Waals surface area (Å²) >= 11 is 0. The number of ether oxygens (including phenoxy) is 1. The summed E-state index contributed by atoms with van der Waals surface area (Å²) in [5.74, 6) is -0.220. The van der Waals surface area contributed by atoms with Gasteiger partial charge in [0.2, 0.25) is 0 Å². The maximum absolute atomic E-state index is 11.0. The number of carbonyl (C=O) groups excluding carboxylic acids is 1. The van der Waals surface area contributed by atoms with Crippen LogP contribution in [0.5, 0.6) is 0 Å². The summed E-state index contributed by atoms with van der Waals surface area (Å²) in [5, 5.41) is 0. The molecule has 2 rings (SSSR count). The second-order valence-corrected chi connectivity index (χ2v) is 7.84. The molecule has 1 aromatic rings. The first-order chi connectivity index (χ1) is 9.62. The Morgan fingerprint density at radius 1 is 1.19 bits per heavy atom. The second kappa shape index (κ2) is 5.51. The molecule has 0 saturated carbocycles. The summed E-state index contributed by atoms with van der Waals surface area (Å²) in [4.78, 5) is 11.0. The molecule has 0 unspecified atom stereocenters. The van der Waals surface area contributed by atoms with E-state index < -0.39 is 0 Å². The van der Waals surface area contributed by atoms with Crippen LogP contribution in [0.2, 0.25) is 12.6 Å². The highest BCUT2D eigenvalue weighted by molar-refractivity contribution is 6.74. The lowest BCUT2D eigenvalue weighted by atomic mass is 9.42. The highest BCUT2D eigenvalue weighted by Gasteiger charge is 2.48. The van der Waals surface area contributed by atoms with Crippen LogP contribution in [0, 0.1) is 17.8 Å². The van der Waals surface area contributed by atoms with Gasteiger partial charge in [-0.3, -0.25) is 4.79 Å². The van der Waals surface area contributed by atoms with E-state index in [4.69, 9.17) is 4.74 Å². The molecule has 0 amide bonds. The number of carbonyl (C=O) groups is 1. The molecule has 21 heavy (non-hydrogen) atoms. The van der Waals surface area contributed by atoms with Crippen molar-refractivity contribution >= 4 is 18.1 Å². The van der Waals surface area contributed by atoms with Crippen molar-refractivity contribution in [3.8, 4) is 0 Å². The summed E-state index contributed by atoms with van der Waals surface area (Å²) in [6.45, 7) is 14.0. The molecular formula is C18H27BO2. The fourth-order valence-corrected chi connectivity index (χ4v) is 3.37. The van der Waals surface area contributed by atoms with Gasteiger partial charge in [0.05, 0.1) is 0 Å². The predicted molar refractivity (Wildman–Crippen MR) is 89.2 cm³/mol. The first kappa shape index (κ1) is 16.1. The van der Waals surface area contributed by atoms with Gasteiger partial charge in [-0.2, -0.15) is 0 Å². The van der Waals surface area contributed by atoms with E-state index in [0.717, 1.165) is 5.56 Å². The van der Waals surface area contributed by atoms with Crippen molar-refractivity contribution in [2.45, 2.75) is 60.8 Å². The van der Waals surface area contributed by atoms with Crippen molar-refractivity contribution in [1.29, 1.82) is 0 Å². The molecule has 0 spiro atoms. The van der Waals surface area contributed by atoms with Gasteiger partial charge in [0.1, 0.15) is 6.61 Å². The molecule has 0 aromatic heterocycles. The minimum atomic E-state index is -0.220. The van der Waals surface area contributed by atoms with Crippen LogP contribution in [0.25, 0.3) is 0 Å². The lowest BCUT2D eigenvalue weighted by Crippen LogP contribution is -2.28. The van der Waals surface area contributed by atoms with Crippen LogP contribution in [0.4, 0.5) is 0 Å². The van der Waals surface area contributed by atoms with E-state index in [0.29, 0.717) is 24.1 Å². The van der Waals surface area contributed by atoms with Crippen LogP contribution >= 0.6 is 0 Å². The van der Waals surface area contributed by atoms with E-state index in [-0.39, 0.29) is 5.97 Å². The summed E-state index contributed by atoms with van der Waals surface area (Å²) in [6, 6.07) is 6.64. The molecule has 0 aliphatic carbocycles. The van der Waals surface area contributed by atoms with Crippen LogP contribution < -0.4 is 5.46 Å². The van der Waals surface area contributed by atoms with Crippen LogP contribution in [0.1, 0.15) is 45.7 Å². The minimum Gasteiger partial charge on any atom is -0.461 e. The molecule has 2 nitrogen and oxygen atoms in total. The van der Waals surface area contributed by atoms with Gasteiger partial charge in [-0.1, -0.05) is 64.0 Å². The Bertz CT molecular complexity index is 530. The van der Waals surface area contributed by atoms with Crippen molar-refractivity contribution in [1.82, 2.24) is 0 Å². The molecule has 1 heterocycles. The lowest BCUT2D eigenvalue weighted by molar-refractivity contribution is -0.142. The monoisotopic (exact) mass is 286 g/mol. The predicted octanol–water partition coefficient (Wildman–Crippen LogP) is 3.83. The topological polar surface area (TPSA) is 26.3 Å². The van der Waals surface area contributed by atoms with Crippen molar-refractivity contribution < 1.29 is 9.53 Å². The smallest absolute Gasteiger partial charge is 0.302 e. The second-order valence-electron chi connectivity index (χ2n) is 7.84. The number of hydrogen-bond acceptors (Lipinski definition) is 2. The molecule has 1 saturated heterocycles. The Labute approximate surface area is 129 Å². The molecule has 1 aliphatic heterocycles. The van der Waals surface area contributed by atoms with Gasteiger partial charge in [-0.25, -0.2) is 0 Å². The molecule has 3 heteroatoms. The van der Waals surface area contributed by atoms with E-state index in [1.165, 1.54) is 30.6 Å². The van der Waals surface area contributed by atoms with Gasteiger partial charge in [0, 0.05) is 6.92 Å². The minimum absolute atomic E-state index is 0.220. The summed E-state index contributed by atoms with van der Waals surface area (Å²) in [5.41, 5.74) is 4.43. The van der Waals surface area contributed by atoms with Gasteiger partial charge in [0.15, 0.2) is 6.71 Å². The third kappa shape index (κ3) is 3.33. The summed E-state index contributed by atoms with van der Waals surface area (Å²) < 4.78 is 5.17. The van der Waals surface area contributed by atoms with Gasteiger partial charge in [0.25, 0.3) is 0 Å². The summed E-state index contributed by atoms with van der Waals surface area (Å²) in [7, 11) is 0. The number of aryl methyl sites for hydroxylation is 1. The largest absolute Gasteiger partial charge is 0.461 e. The molecule has 1 aliphatic rings. The Morgan fingerprint density at radius 3 is 2.29 bits per heavy atom. The molecule has 1 aromatic carbocycles. The van der Waals surface area contributed by atoms with Crippen LogP contribution in [-0.4, -0.2) is 12.7 Å². The number of esters is 1.